The van der Waals surface area contributed by atoms with Gasteiger partial charge in [-0.25, -0.2) is 18.1 Å². The number of imidazole rings is 1. The van der Waals surface area contributed by atoms with Crippen LogP contribution in [0.2, 0.25) is 5.15 Å². The summed E-state index contributed by atoms with van der Waals surface area (Å²) in [5, 5.41) is -0.00605. The smallest absolute Gasteiger partial charge is 0.261 e. The van der Waals surface area contributed by atoms with Gasteiger partial charge in [-0.15, -0.1) is 0 Å². The van der Waals surface area contributed by atoms with Crippen molar-refractivity contribution >= 4 is 33.4 Å². The Bertz CT molecular complexity index is 458. The highest BCUT2D eigenvalue weighted by molar-refractivity contribution is 7.98. The molecule has 1 aromatic rings. The molecule has 0 aliphatic carbocycles. The second kappa shape index (κ2) is 5.39. The number of thioether (sulfide) groups is 1. The largest absolute Gasteiger partial charge is 0.324 e. The van der Waals surface area contributed by atoms with Gasteiger partial charge < -0.3 is 4.57 Å². The van der Waals surface area contributed by atoms with Gasteiger partial charge in [0.25, 0.3) is 10.0 Å². The minimum Gasteiger partial charge on any atom is -0.324 e. The molecule has 0 spiro atoms. The molecule has 1 unspecified atom stereocenters. The SMILES string of the molecule is CSCC(C)NS(=O)(=O)c1ncn(C)c1Cl. The van der Waals surface area contributed by atoms with Crippen molar-refractivity contribution in [2.75, 3.05) is 12.0 Å². The Morgan fingerprint density at radius 1 is 1.69 bits per heavy atom. The zero-order valence-electron chi connectivity index (χ0n) is 9.27. The summed E-state index contributed by atoms with van der Waals surface area (Å²) in [6.07, 6.45) is 3.29. The van der Waals surface area contributed by atoms with E-state index in [1.807, 2.05) is 6.26 Å². The Morgan fingerprint density at radius 2 is 2.31 bits per heavy atom. The van der Waals surface area contributed by atoms with E-state index >= 15 is 0 Å². The summed E-state index contributed by atoms with van der Waals surface area (Å²) < 4.78 is 27.7. The number of aryl methyl sites for hydroxylation is 1. The highest BCUT2D eigenvalue weighted by Crippen LogP contribution is 2.18. The lowest BCUT2D eigenvalue weighted by Crippen LogP contribution is -2.34. The molecule has 1 atom stereocenters. The number of hydrogen-bond donors (Lipinski definition) is 1. The van der Waals surface area contributed by atoms with E-state index in [4.69, 9.17) is 11.6 Å². The maximum absolute atomic E-state index is 11.9. The van der Waals surface area contributed by atoms with E-state index in [-0.39, 0.29) is 16.2 Å². The summed E-state index contributed by atoms with van der Waals surface area (Å²) in [4.78, 5) is 3.77. The van der Waals surface area contributed by atoms with Gasteiger partial charge in [0, 0.05) is 18.8 Å². The lowest BCUT2D eigenvalue weighted by molar-refractivity contribution is 0.568. The average Bonchev–Trinajstić information content (AvgIpc) is 2.47. The number of nitrogens with one attached hydrogen (secondary N) is 1. The molecule has 0 aliphatic rings. The second-order valence-electron chi connectivity index (χ2n) is 3.43. The van der Waals surface area contributed by atoms with Crippen LogP contribution in [0.15, 0.2) is 11.4 Å². The third kappa shape index (κ3) is 3.13. The van der Waals surface area contributed by atoms with Crippen molar-refractivity contribution < 1.29 is 8.42 Å². The average molecular weight is 284 g/mol. The van der Waals surface area contributed by atoms with E-state index in [0.717, 1.165) is 0 Å². The van der Waals surface area contributed by atoms with Crippen molar-refractivity contribution in [3.8, 4) is 0 Å². The molecule has 16 heavy (non-hydrogen) atoms. The Kier molecular flexibility index (Phi) is 4.66. The quantitative estimate of drug-likeness (QED) is 0.879. The summed E-state index contributed by atoms with van der Waals surface area (Å²) in [7, 11) is -1.98. The van der Waals surface area contributed by atoms with Crippen molar-refractivity contribution in [1.82, 2.24) is 14.3 Å². The van der Waals surface area contributed by atoms with Crippen LogP contribution in [0, 0.1) is 0 Å². The Hall–Kier alpha value is -0.240. The molecule has 1 rings (SSSR count). The number of nitrogens with zero attached hydrogens (tertiary/aromatic N) is 2. The Morgan fingerprint density at radius 3 is 2.75 bits per heavy atom. The van der Waals surface area contributed by atoms with Crippen LogP contribution in [0.4, 0.5) is 0 Å². The van der Waals surface area contributed by atoms with Crippen LogP contribution in [0.5, 0.6) is 0 Å². The number of sulfonamides is 1. The van der Waals surface area contributed by atoms with Crippen LogP contribution in [-0.4, -0.2) is 36.0 Å². The van der Waals surface area contributed by atoms with Gasteiger partial charge in [0.15, 0.2) is 0 Å². The minimum atomic E-state index is -3.62. The highest BCUT2D eigenvalue weighted by Gasteiger charge is 2.23. The first-order chi connectivity index (χ1) is 7.38. The third-order valence-corrected chi connectivity index (χ3v) is 4.77. The molecule has 1 N–H and O–H groups in total. The minimum absolute atomic E-state index is 0.115. The maximum Gasteiger partial charge on any atom is 0.261 e. The van der Waals surface area contributed by atoms with E-state index in [1.165, 1.54) is 10.9 Å². The van der Waals surface area contributed by atoms with Gasteiger partial charge in [-0.05, 0) is 13.2 Å². The van der Waals surface area contributed by atoms with E-state index in [1.54, 1.807) is 25.7 Å². The summed E-state index contributed by atoms with van der Waals surface area (Å²) in [6.45, 7) is 1.80. The molecule has 8 heteroatoms. The maximum atomic E-state index is 11.9. The molecule has 92 valence electrons. The van der Waals surface area contributed by atoms with Gasteiger partial charge in [-0.3, -0.25) is 0 Å². The summed E-state index contributed by atoms with van der Waals surface area (Å²) >= 11 is 7.40. The van der Waals surface area contributed by atoms with Crippen LogP contribution >= 0.6 is 23.4 Å². The Labute approximate surface area is 105 Å². The monoisotopic (exact) mass is 283 g/mol. The number of aromatic nitrogens is 2. The van der Waals surface area contributed by atoms with E-state index in [9.17, 15) is 8.42 Å². The highest BCUT2D eigenvalue weighted by atomic mass is 35.5. The van der Waals surface area contributed by atoms with Crippen molar-refractivity contribution in [2.24, 2.45) is 7.05 Å². The topological polar surface area (TPSA) is 64.0 Å². The van der Waals surface area contributed by atoms with E-state index in [0.29, 0.717) is 5.75 Å². The van der Waals surface area contributed by atoms with E-state index < -0.39 is 10.0 Å². The first-order valence-corrected chi connectivity index (χ1v) is 7.82. The molecule has 0 aliphatic heterocycles. The van der Waals surface area contributed by atoms with Crippen molar-refractivity contribution in [3.05, 3.63) is 11.5 Å². The predicted octanol–water partition coefficient (Wildman–Crippen LogP) is 1.10. The standard InChI is InChI=1S/C8H14ClN3O2S2/c1-6(4-15-3)11-16(13,14)8-7(9)12(2)5-10-8/h5-6,11H,4H2,1-3H3. The molecule has 1 aromatic heterocycles. The van der Waals surface area contributed by atoms with Crippen LogP contribution < -0.4 is 4.72 Å². The normalized spacial score (nSPS) is 14.0. The lowest BCUT2D eigenvalue weighted by Gasteiger charge is -2.11. The molecule has 0 radical (unpaired) electrons. The van der Waals surface area contributed by atoms with Crippen LogP contribution in [0.3, 0.4) is 0 Å². The Balaban J connectivity index is 2.90. The zero-order valence-corrected chi connectivity index (χ0v) is 11.7. The number of hydrogen-bond acceptors (Lipinski definition) is 4. The van der Waals surface area contributed by atoms with Gasteiger partial charge in [0.05, 0.1) is 6.33 Å². The first kappa shape index (κ1) is 13.8. The second-order valence-corrected chi connectivity index (χ2v) is 6.33. The van der Waals surface area contributed by atoms with Gasteiger partial charge >= 0.3 is 0 Å². The molecular weight excluding hydrogens is 270 g/mol. The molecule has 0 saturated carbocycles. The fourth-order valence-corrected chi connectivity index (χ4v) is 3.54. The van der Waals surface area contributed by atoms with Gasteiger partial charge in [-0.1, -0.05) is 11.6 Å². The number of halogens is 1. The molecule has 0 saturated heterocycles. The molecular formula is C8H14ClN3O2S2. The molecule has 0 fully saturated rings. The van der Waals surface area contributed by atoms with Crippen LogP contribution in [-0.2, 0) is 17.1 Å². The first-order valence-electron chi connectivity index (χ1n) is 4.56. The van der Waals surface area contributed by atoms with Gasteiger partial charge in [-0.2, -0.15) is 11.8 Å². The molecule has 0 bridgehead atoms. The summed E-state index contributed by atoms with van der Waals surface area (Å²) in [6, 6.07) is -0.155. The summed E-state index contributed by atoms with van der Waals surface area (Å²) in [5.74, 6) is 0.698. The van der Waals surface area contributed by atoms with Gasteiger partial charge in [0.2, 0.25) is 5.03 Å². The predicted molar refractivity (Wildman–Crippen MR) is 66.4 cm³/mol. The van der Waals surface area contributed by atoms with Crippen molar-refractivity contribution in [3.63, 3.8) is 0 Å². The van der Waals surface area contributed by atoms with E-state index in [2.05, 4.69) is 9.71 Å². The molecule has 0 amide bonds. The number of rotatable bonds is 5. The molecule has 0 aromatic carbocycles. The fourth-order valence-electron chi connectivity index (χ4n) is 1.18. The summed E-state index contributed by atoms with van der Waals surface area (Å²) in [5.41, 5.74) is 0. The van der Waals surface area contributed by atoms with Gasteiger partial charge in [0.1, 0.15) is 5.15 Å². The molecule has 1 heterocycles. The van der Waals surface area contributed by atoms with Crippen LogP contribution in [0.25, 0.3) is 0 Å². The fraction of sp³-hybridized carbons (Fsp3) is 0.625. The zero-order chi connectivity index (χ0) is 12.3. The third-order valence-electron chi connectivity index (χ3n) is 1.86. The van der Waals surface area contributed by atoms with Crippen molar-refractivity contribution in [1.29, 1.82) is 0 Å². The van der Waals surface area contributed by atoms with Crippen LogP contribution in [0.1, 0.15) is 6.92 Å². The van der Waals surface area contributed by atoms with Crippen molar-refractivity contribution in [2.45, 2.75) is 18.0 Å². The lowest BCUT2D eigenvalue weighted by atomic mass is 10.4. The molecule has 5 nitrogen and oxygen atoms in total.